The first-order valence-electron chi connectivity index (χ1n) is 5.78. The van der Waals surface area contributed by atoms with Gasteiger partial charge in [0.2, 0.25) is 5.91 Å². The van der Waals surface area contributed by atoms with Crippen molar-refractivity contribution >= 4 is 29.0 Å². The molecule has 3 N–H and O–H groups in total. The minimum absolute atomic E-state index is 0.0883. The van der Waals surface area contributed by atoms with Crippen molar-refractivity contribution in [3.8, 4) is 0 Å². The molecule has 0 bridgehead atoms. The van der Waals surface area contributed by atoms with E-state index in [1.54, 1.807) is 0 Å². The second kappa shape index (κ2) is 6.38. The maximum Gasteiger partial charge on any atom is 0.234 e. The summed E-state index contributed by atoms with van der Waals surface area (Å²) in [7, 11) is 0. The van der Waals surface area contributed by atoms with Gasteiger partial charge in [-0.2, -0.15) is 0 Å². The van der Waals surface area contributed by atoms with Gasteiger partial charge in [-0.25, -0.2) is 8.78 Å². The summed E-state index contributed by atoms with van der Waals surface area (Å²) in [4.78, 5) is 12.2. The number of amides is 1. The SMILES string of the molecule is Nc1ccc(F)cc1SCC(=O)Nc1ccc(F)cc1. The zero-order valence-electron chi connectivity index (χ0n) is 10.4. The molecule has 2 aromatic rings. The van der Waals surface area contributed by atoms with Crippen LogP contribution in [0.15, 0.2) is 47.4 Å². The maximum atomic E-state index is 13.1. The van der Waals surface area contributed by atoms with Gasteiger partial charge in [0.15, 0.2) is 0 Å². The Morgan fingerprint density at radius 3 is 2.45 bits per heavy atom. The van der Waals surface area contributed by atoms with Crippen LogP contribution in [-0.2, 0) is 4.79 Å². The molecule has 20 heavy (non-hydrogen) atoms. The third-order valence-electron chi connectivity index (χ3n) is 2.46. The van der Waals surface area contributed by atoms with E-state index in [0.29, 0.717) is 16.3 Å². The van der Waals surface area contributed by atoms with Crippen LogP contribution in [0, 0.1) is 11.6 Å². The van der Waals surface area contributed by atoms with Gasteiger partial charge in [0.25, 0.3) is 0 Å². The topological polar surface area (TPSA) is 55.1 Å². The molecule has 0 atom stereocenters. The van der Waals surface area contributed by atoms with Crippen molar-refractivity contribution in [3.05, 3.63) is 54.1 Å². The molecule has 3 nitrogen and oxygen atoms in total. The number of rotatable bonds is 4. The van der Waals surface area contributed by atoms with E-state index in [-0.39, 0.29) is 17.5 Å². The molecule has 0 aromatic heterocycles. The van der Waals surface area contributed by atoms with Crippen molar-refractivity contribution in [1.29, 1.82) is 0 Å². The highest BCUT2D eigenvalue weighted by atomic mass is 32.2. The summed E-state index contributed by atoms with van der Waals surface area (Å²) < 4.78 is 25.8. The lowest BCUT2D eigenvalue weighted by Gasteiger charge is -2.07. The predicted molar refractivity (Wildman–Crippen MR) is 76.6 cm³/mol. The zero-order valence-corrected chi connectivity index (χ0v) is 11.2. The van der Waals surface area contributed by atoms with Crippen LogP contribution in [-0.4, -0.2) is 11.7 Å². The van der Waals surface area contributed by atoms with E-state index in [4.69, 9.17) is 5.73 Å². The fraction of sp³-hybridized carbons (Fsp3) is 0.0714. The monoisotopic (exact) mass is 294 g/mol. The fourth-order valence-electron chi connectivity index (χ4n) is 1.51. The van der Waals surface area contributed by atoms with E-state index in [2.05, 4.69) is 5.32 Å². The number of benzene rings is 2. The quantitative estimate of drug-likeness (QED) is 0.672. The number of nitrogens with two attached hydrogens (primary N) is 1. The van der Waals surface area contributed by atoms with E-state index in [9.17, 15) is 13.6 Å². The molecule has 0 saturated carbocycles. The average molecular weight is 294 g/mol. The van der Waals surface area contributed by atoms with Gasteiger partial charge in [-0.1, -0.05) is 0 Å². The minimum atomic E-state index is -0.402. The fourth-order valence-corrected chi connectivity index (χ4v) is 2.30. The van der Waals surface area contributed by atoms with Crippen molar-refractivity contribution in [3.63, 3.8) is 0 Å². The Labute approximate surface area is 119 Å². The number of halogens is 2. The first kappa shape index (κ1) is 14.3. The van der Waals surface area contributed by atoms with Crippen LogP contribution in [0.25, 0.3) is 0 Å². The van der Waals surface area contributed by atoms with Gasteiger partial charge in [-0.05, 0) is 42.5 Å². The van der Waals surface area contributed by atoms with E-state index in [1.165, 1.54) is 42.5 Å². The summed E-state index contributed by atoms with van der Waals surface area (Å²) in [5, 5.41) is 2.61. The first-order chi connectivity index (χ1) is 9.54. The number of nitrogens with one attached hydrogen (secondary N) is 1. The summed E-state index contributed by atoms with van der Waals surface area (Å²) in [6.45, 7) is 0. The number of thioether (sulfide) groups is 1. The van der Waals surface area contributed by atoms with Crippen molar-refractivity contribution in [2.24, 2.45) is 0 Å². The van der Waals surface area contributed by atoms with Crippen LogP contribution in [0.5, 0.6) is 0 Å². The van der Waals surface area contributed by atoms with Crippen molar-refractivity contribution in [2.75, 3.05) is 16.8 Å². The Bertz CT molecular complexity index is 617. The van der Waals surface area contributed by atoms with Crippen LogP contribution >= 0.6 is 11.8 Å². The number of nitrogen functional groups attached to an aromatic ring is 1. The van der Waals surface area contributed by atoms with Crippen LogP contribution in [0.3, 0.4) is 0 Å². The Morgan fingerprint density at radius 1 is 1.10 bits per heavy atom. The molecular weight excluding hydrogens is 282 g/mol. The van der Waals surface area contributed by atoms with Gasteiger partial charge < -0.3 is 11.1 Å². The smallest absolute Gasteiger partial charge is 0.234 e. The zero-order chi connectivity index (χ0) is 14.5. The first-order valence-corrected chi connectivity index (χ1v) is 6.76. The van der Waals surface area contributed by atoms with Crippen LogP contribution in [0.2, 0.25) is 0 Å². The van der Waals surface area contributed by atoms with Crippen LogP contribution in [0.4, 0.5) is 20.2 Å². The molecule has 0 aliphatic heterocycles. The third-order valence-corrected chi connectivity index (χ3v) is 3.53. The van der Waals surface area contributed by atoms with Gasteiger partial charge in [0, 0.05) is 16.3 Å². The summed E-state index contributed by atoms with van der Waals surface area (Å²) in [5.74, 6) is -0.957. The number of carbonyl (C=O) groups excluding carboxylic acids is 1. The Kier molecular flexibility index (Phi) is 4.57. The highest BCUT2D eigenvalue weighted by Crippen LogP contribution is 2.25. The molecule has 0 radical (unpaired) electrons. The molecule has 0 aliphatic carbocycles. The number of anilines is 2. The van der Waals surface area contributed by atoms with E-state index in [0.717, 1.165) is 11.8 Å². The normalized spacial score (nSPS) is 10.3. The van der Waals surface area contributed by atoms with Crippen molar-refractivity contribution < 1.29 is 13.6 Å². The summed E-state index contributed by atoms with van der Waals surface area (Å²) in [6.07, 6.45) is 0. The molecule has 0 saturated heterocycles. The number of carbonyl (C=O) groups is 1. The molecule has 0 aliphatic rings. The molecule has 0 fully saturated rings. The van der Waals surface area contributed by atoms with Crippen molar-refractivity contribution in [1.82, 2.24) is 0 Å². The molecular formula is C14H12F2N2OS. The van der Waals surface area contributed by atoms with E-state index < -0.39 is 5.82 Å². The van der Waals surface area contributed by atoms with E-state index in [1.807, 2.05) is 0 Å². The molecule has 0 heterocycles. The minimum Gasteiger partial charge on any atom is -0.398 e. The lowest BCUT2D eigenvalue weighted by molar-refractivity contribution is -0.113. The molecule has 104 valence electrons. The largest absolute Gasteiger partial charge is 0.398 e. The third kappa shape index (κ3) is 3.96. The Balaban J connectivity index is 1.92. The molecule has 2 rings (SSSR count). The van der Waals surface area contributed by atoms with E-state index >= 15 is 0 Å². The maximum absolute atomic E-state index is 13.1. The lowest BCUT2D eigenvalue weighted by atomic mass is 10.3. The Morgan fingerprint density at radius 2 is 1.75 bits per heavy atom. The Hall–Kier alpha value is -2.08. The van der Waals surface area contributed by atoms with Gasteiger partial charge >= 0.3 is 0 Å². The van der Waals surface area contributed by atoms with Crippen LogP contribution in [0.1, 0.15) is 0 Å². The van der Waals surface area contributed by atoms with Crippen molar-refractivity contribution in [2.45, 2.75) is 4.90 Å². The molecule has 1 amide bonds. The predicted octanol–water partition coefficient (Wildman–Crippen LogP) is 3.28. The standard InChI is InChI=1S/C14H12F2N2OS/c15-9-1-4-11(5-2-9)18-14(19)8-20-13-7-10(16)3-6-12(13)17/h1-7H,8,17H2,(H,18,19). The second-order valence-corrected chi connectivity index (χ2v) is 5.04. The molecule has 6 heteroatoms. The highest BCUT2D eigenvalue weighted by Gasteiger charge is 2.07. The average Bonchev–Trinajstić information content (AvgIpc) is 2.42. The van der Waals surface area contributed by atoms with Gasteiger partial charge in [0.05, 0.1) is 5.75 Å². The summed E-state index contributed by atoms with van der Waals surface area (Å²) in [5.41, 5.74) is 6.61. The summed E-state index contributed by atoms with van der Waals surface area (Å²) in [6, 6.07) is 9.45. The highest BCUT2D eigenvalue weighted by molar-refractivity contribution is 8.00. The van der Waals surface area contributed by atoms with Gasteiger partial charge in [-0.15, -0.1) is 11.8 Å². The molecule has 0 spiro atoms. The summed E-state index contributed by atoms with van der Waals surface area (Å²) >= 11 is 1.14. The molecule has 0 unspecified atom stereocenters. The lowest BCUT2D eigenvalue weighted by Crippen LogP contribution is -2.14. The second-order valence-electron chi connectivity index (χ2n) is 4.03. The van der Waals surface area contributed by atoms with Gasteiger partial charge in [0.1, 0.15) is 11.6 Å². The molecule has 2 aromatic carbocycles. The van der Waals surface area contributed by atoms with Gasteiger partial charge in [-0.3, -0.25) is 4.79 Å². The number of hydrogen-bond acceptors (Lipinski definition) is 3. The van der Waals surface area contributed by atoms with Crippen LogP contribution < -0.4 is 11.1 Å². The number of hydrogen-bond donors (Lipinski definition) is 2.